The van der Waals surface area contributed by atoms with Gasteiger partial charge < -0.3 is 0 Å². The van der Waals surface area contributed by atoms with E-state index in [9.17, 15) is 9.18 Å². The molecule has 0 radical (unpaired) electrons. The third-order valence-electron chi connectivity index (χ3n) is 2.13. The molecule has 1 unspecified atom stereocenters. The zero-order valence-electron chi connectivity index (χ0n) is 8.79. The van der Waals surface area contributed by atoms with E-state index in [0.717, 1.165) is 0 Å². The zero-order valence-corrected chi connectivity index (χ0v) is 8.79. The lowest BCUT2D eigenvalue weighted by molar-refractivity contribution is -0.134. The standard InChI is InChI=1S/C11H14FNO2/c1-8(11(14)13-15-2)7-9-5-3-4-6-10(9)12/h3-6,8H,7H2,1-2H3,(H,13,14). The molecule has 1 aromatic rings. The van der Waals surface area contributed by atoms with Crippen molar-refractivity contribution in [3.63, 3.8) is 0 Å². The van der Waals surface area contributed by atoms with Gasteiger partial charge in [-0.2, -0.15) is 0 Å². The Morgan fingerprint density at radius 1 is 1.53 bits per heavy atom. The monoisotopic (exact) mass is 211 g/mol. The minimum Gasteiger partial charge on any atom is -0.277 e. The Bertz CT molecular complexity index is 341. The third kappa shape index (κ3) is 3.32. The number of hydrogen-bond donors (Lipinski definition) is 1. The molecule has 0 bridgehead atoms. The number of halogens is 1. The van der Waals surface area contributed by atoms with Gasteiger partial charge in [0.2, 0.25) is 5.91 Å². The molecule has 0 aliphatic carbocycles. The lowest BCUT2D eigenvalue weighted by Crippen LogP contribution is -2.29. The minimum absolute atomic E-state index is 0.249. The maximum atomic E-state index is 13.2. The molecule has 82 valence electrons. The van der Waals surface area contributed by atoms with Crippen molar-refractivity contribution in [1.82, 2.24) is 5.48 Å². The summed E-state index contributed by atoms with van der Waals surface area (Å²) in [7, 11) is 1.37. The summed E-state index contributed by atoms with van der Waals surface area (Å²) in [5.74, 6) is -0.850. The molecule has 0 spiro atoms. The average molecular weight is 211 g/mol. The molecule has 1 atom stereocenters. The summed E-state index contributed by atoms with van der Waals surface area (Å²) in [4.78, 5) is 15.8. The second-order valence-electron chi connectivity index (χ2n) is 3.37. The molecule has 15 heavy (non-hydrogen) atoms. The van der Waals surface area contributed by atoms with Gasteiger partial charge in [-0.1, -0.05) is 25.1 Å². The van der Waals surface area contributed by atoms with Crippen LogP contribution in [0.1, 0.15) is 12.5 Å². The Kier molecular flexibility index (Phi) is 4.24. The Morgan fingerprint density at radius 3 is 2.80 bits per heavy atom. The van der Waals surface area contributed by atoms with Crippen LogP contribution < -0.4 is 5.48 Å². The fourth-order valence-electron chi connectivity index (χ4n) is 1.29. The Hall–Kier alpha value is -1.42. The highest BCUT2D eigenvalue weighted by Crippen LogP contribution is 2.12. The van der Waals surface area contributed by atoms with E-state index >= 15 is 0 Å². The summed E-state index contributed by atoms with van der Waals surface area (Å²) in [6.07, 6.45) is 0.363. The van der Waals surface area contributed by atoms with E-state index in [0.29, 0.717) is 12.0 Å². The van der Waals surface area contributed by atoms with Gasteiger partial charge in [-0.05, 0) is 18.1 Å². The molecule has 0 aliphatic heterocycles. The van der Waals surface area contributed by atoms with Crippen molar-refractivity contribution in [3.05, 3.63) is 35.6 Å². The van der Waals surface area contributed by atoms with Crippen LogP contribution in [0.15, 0.2) is 24.3 Å². The zero-order chi connectivity index (χ0) is 11.3. The van der Waals surface area contributed by atoms with Crippen LogP contribution in [0.25, 0.3) is 0 Å². The molecule has 0 heterocycles. The summed E-state index contributed by atoms with van der Waals surface area (Å²) >= 11 is 0. The van der Waals surface area contributed by atoms with Crippen LogP contribution in [-0.4, -0.2) is 13.0 Å². The van der Waals surface area contributed by atoms with E-state index in [1.807, 2.05) is 0 Å². The van der Waals surface area contributed by atoms with E-state index in [4.69, 9.17) is 0 Å². The topological polar surface area (TPSA) is 38.3 Å². The van der Waals surface area contributed by atoms with Crippen molar-refractivity contribution >= 4 is 5.91 Å². The Balaban J connectivity index is 2.62. The van der Waals surface area contributed by atoms with Gasteiger partial charge >= 0.3 is 0 Å². The molecule has 0 aliphatic rings. The molecule has 1 amide bonds. The summed E-state index contributed by atoms with van der Waals surface area (Å²) in [5.41, 5.74) is 2.76. The van der Waals surface area contributed by atoms with Crippen LogP contribution in [-0.2, 0) is 16.1 Å². The number of hydroxylamine groups is 1. The van der Waals surface area contributed by atoms with E-state index in [1.165, 1.54) is 13.2 Å². The largest absolute Gasteiger partial charge is 0.277 e. The van der Waals surface area contributed by atoms with E-state index in [-0.39, 0.29) is 17.6 Å². The van der Waals surface area contributed by atoms with Crippen molar-refractivity contribution in [2.45, 2.75) is 13.3 Å². The molecule has 3 nitrogen and oxygen atoms in total. The Labute approximate surface area is 88.2 Å². The smallest absolute Gasteiger partial charge is 0.246 e. The molecule has 0 fully saturated rings. The van der Waals surface area contributed by atoms with Gasteiger partial charge in [0.15, 0.2) is 0 Å². The number of amides is 1. The maximum absolute atomic E-state index is 13.2. The van der Waals surface area contributed by atoms with Crippen molar-refractivity contribution in [2.24, 2.45) is 5.92 Å². The Morgan fingerprint density at radius 2 is 2.20 bits per heavy atom. The van der Waals surface area contributed by atoms with Crippen LogP contribution in [0.4, 0.5) is 4.39 Å². The second-order valence-corrected chi connectivity index (χ2v) is 3.37. The highest BCUT2D eigenvalue weighted by atomic mass is 19.1. The van der Waals surface area contributed by atoms with E-state index < -0.39 is 0 Å². The number of benzene rings is 1. The van der Waals surface area contributed by atoms with Gasteiger partial charge in [0.25, 0.3) is 0 Å². The van der Waals surface area contributed by atoms with Crippen LogP contribution in [0.2, 0.25) is 0 Å². The molecule has 0 saturated heterocycles. The quantitative estimate of drug-likeness (QED) is 0.769. The third-order valence-corrected chi connectivity index (χ3v) is 2.13. The van der Waals surface area contributed by atoms with E-state index in [2.05, 4.69) is 10.3 Å². The SMILES string of the molecule is CONC(=O)C(C)Cc1ccccc1F. The first kappa shape index (κ1) is 11.7. The number of nitrogens with one attached hydrogen (secondary N) is 1. The molecular formula is C11H14FNO2. The summed E-state index contributed by atoms with van der Waals surface area (Å²) in [6.45, 7) is 1.72. The van der Waals surface area contributed by atoms with Crippen LogP contribution in [0, 0.1) is 11.7 Å². The molecule has 1 N–H and O–H groups in total. The molecule has 4 heteroatoms. The molecule has 0 saturated carbocycles. The fourth-order valence-corrected chi connectivity index (χ4v) is 1.29. The van der Waals surface area contributed by atoms with Crippen molar-refractivity contribution in [2.75, 3.05) is 7.11 Å². The summed E-state index contributed by atoms with van der Waals surface area (Å²) in [5, 5.41) is 0. The summed E-state index contributed by atoms with van der Waals surface area (Å²) in [6, 6.07) is 6.43. The predicted molar refractivity (Wildman–Crippen MR) is 54.4 cm³/mol. The fraction of sp³-hybridized carbons (Fsp3) is 0.364. The first-order valence-electron chi connectivity index (χ1n) is 4.71. The van der Waals surface area contributed by atoms with Crippen molar-refractivity contribution in [1.29, 1.82) is 0 Å². The van der Waals surface area contributed by atoms with Crippen LogP contribution in [0.3, 0.4) is 0 Å². The van der Waals surface area contributed by atoms with Gasteiger partial charge in [0.1, 0.15) is 5.82 Å². The van der Waals surface area contributed by atoms with Gasteiger partial charge in [-0.3, -0.25) is 9.63 Å². The van der Waals surface area contributed by atoms with Gasteiger partial charge in [0.05, 0.1) is 7.11 Å². The normalized spacial score (nSPS) is 12.2. The minimum atomic E-state index is -0.318. The summed E-state index contributed by atoms with van der Waals surface area (Å²) < 4.78 is 13.2. The second kappa shape index (κ2) is 5.46. The number of carbonyl (C=O) groups excluding carboxylic acids is 1. The lowest BCUT2D eigenvalue weighted by Gasteiger charge is -2.10. The molecule has 1 aromatic carbocycles. The first-order valence-corrected chi connectivity index (χ1v) is 4.71. The maximum Gasteiger partial charge on any atom is 0.246 e. The predicted octanol–water partition coefficient (Wildman–Crippen LogP) is 1.68. The highest BCUT2D eigenvalue weighted by Gasteiger charge is 2.14. The van der Waals surface area contributed by atoms with Gasteiger partial charge in [-0.15, -0.1) is 0 Å². The van der Waals surface area contributed by atoms with Crippen LogP contribution in [0.5, 0.6) is 0 Å². The van der Waals surface area contributed by atoms with E-state index in [1.54, 1.807) is 25.1 Å². The van der Waals surface area contributed by atoms with Gasteiger partial charge in [-0.25, -0.2) is 9.87 Å². The highest BCUT2D eigenvalue weighted by molar-refractivity contribution is 5.77. The van der Waals surface area contributed by atoms with Gasteiger partial charge in [0, 0.05) is 5.92 Å². The van der Waals surface area contributed by atoms with Crippen molar-refractivity contribution < 1.29 is 14.0 Å². The van der Waals surface area contributed by atoms with Crippen molar-refractivity contribution in [3.8, 4) is 0 Å². The average Bonchev–Trinajstić information content (AvgIpc) is 2.21. The number of hydrogen-bond acceptors (Lipinski definition) is 2. The molecule has 0 aromatic heterocycles. The molecule has 1 rings (SSSR count). The lowest BCUT2D eigenvalue weighted by atomic mass is 10.0. The number of carbonyl (C=O) groups is 1. The first-order chi connectivity index (χ1) is 7.15. The molecular weight excluding hydrogens is 197 g/mol. The van der Waals surface area contributed by atoms with Crippen LogP contribution >= 0.6 is 0 Å². The number of rotatable bonds is 4.